The third-order valence-electron chi connectivity index (χ3n) is 3.51. The van der Waals surface area contributed by atoms with Crippen molar-refractivity contribution < 1.29 is 24.2 Å². The summed E-state index contributed by atoms with van der Waals surface area (Å²) in [5.41, 5.74) is 0.774. The lowest BCUT2D eigenvalue weighted by Gasteiger charge is -2.19. The molecule has 1 aliphatic rings. The zero-order valence-electron chi connectivity index (χ0n) is 12.3. The van der Waals surface area contributed by atoms with Gasteiger partial charge in [0.25, 0.3) is 0 Å². The van der Waals surface area contributed by atoms with E-state index in [1.54, 1.807) is 18.3 Å². The Morgan fingerprint density at radius 3 is 2.57 bits per heavy atom. The maximum atomic E-state index is 12.2. The molecule has 23 heavy (non-hydrogen) atoms. The SMILES string of the molecule is O=C(CCC(=O)c1cc(O)c2c(c1)OCCO2)c1cccnc1. The quantitative estimate of drug-likeness (QED) is 0.853. The number of rotatable bonds is 5. The summed E-state index contributed by atoms with van der Waals surface area (Å²) in [6.45, 7) is 0.719. The summed E-state index contributed by atoms with van der Waals surface area (Å²) >= 11 is 0. The molecule has 0 amide bonds. The highest BCUT2D eigenvalue weighted by molar-refractivity contribution is 6.02. The van der Waals surface area contributed by atoms with Crippen LogP contribution < -0.4 is 9.47 Å². The normalized spacial score (nSPS) is 12.7. The summed E-state index contributed by atoms with van der Waals surface area (Å²) in [7, 11) is 0. The molecule has 0 radical (unpaired) electrons. The van der Waals surface area contributed by atoms with Gasteiger partial charge >= 0.3 is 0 Å². The minimum absolute atomic E-state index is 0.0484. The van der Waals surface area contributed by atoms with Crippen molar-refractivity contribution >= 4 is 11.6 Å². The van der Waals surface area contributed by atoms with Gasteiger partial charge in [-0.3, -0.25) is 14.6 Å². The Balaban J connectivity index is 1.69. The van der Waals surface area contributed by atoms with E-state index >= 15 is 0 Å². The van der Waals surface area contributed by atoms with Crippen molar-refractivity contribution in [3.63, 3.8) is 0 Å². The fraction of sp³-hybridized carbons (Fsp3) is 0.235. The van der Waals surface area contributed by atoms with Crippen molar-refractivity contribution in [1.82, 2.24) is 4.98 Å². The van der Waals surface area contributed by atoms with Crippen LogP contribution in [-0.2, 0) is 0 Å². The number of pyridine rings is 1. The predicted octanol–water partition coefficient (Wildman–Crippen LogP) is 2.40. The van der Waals surface area contributed by atoms with E-state index < -0.39 is 0 Å². The number of fused-ring (bicyclic) bond motifs is 1. The molecule has 0 unspecified atom stereocenters. The number of phenolic OH excluding ortho intramolecular Hbond substituents is 1. The second-order valence-electron chi connectivity index (χ2n) is 5.11. The van der Waals surface area contributed by atoms with Gasteiger partial charge in [0.05, 0.1) is 0 Å². The minimum Gasteiger partial charge on any atom is -0.504 e. The first-order chi connectivity index (χ1) is 11.1. The van der Waals surface area contributed by atoms with Crippen LogP contribution in [0.3, 0.4) is 0 Å². The van der Waals surface area contributed by atoms with Gasteiger partial charge in [-0.1, -0.05) is 0 Å². The third kappa shape index (κ3) is 3.31. The van der Waals surface area contributed by atoms with Crippen molar-refractivity contribution in [1.29, 1.82) is 0 Å². The summed E-state index contributed by atoms with van der Waals surface area (Å²) < 4.78 is 10.7. The minimum atomic E-state index is -0.241. The van der Waals surface area contributed by atoms with Crippen molar-refractivity contribution in [3.05, 3.63) is 47.8 Å². The number of benzene rings is 1. The summed E-state index contributed by atoms with van der Waals surface area (Å²) in [5, 5.41) is 9.91. The number of carbonyl (C=O) groups is 2. The summed E-state index contributed by atoms with van der Waals surface area (Å²) in [5.74, 6) is 0.0734. The van der Waals surface area contributed by atoms with Crippen LogP contribution in [0.2, 0.25) is 0 Å². The zero-order valence-corrected chi connectivity index (χ0v) is 12.3. The molecule has 1 aliphatic heterocycles. The lowest BCUT2D eigenvalue weighted by atomic mass is 10.0. The first kappa shape index (κ1) is 15.0. The van der Waals surface area contributed by atoms with Gasteiger partial charge in [0, 0.05) is 36.4 Å². The van der Waals surface area contributed by atoms with Gasteiger partial charge in [-0.25, -0.2) is 0 Å². The Kier molecular flexibility index (Phi) is 4.23. The smallest absolute Gasteiger partial charge is 0.203 e. The van der Waals surface area contributed by atoms with Gasteiger partial charge in [-0.2, -0.15) is 0 Å². The Labute approximate surface area is 132 Å². The topological polar surface area (TPSA) is 85.7 Å². The van der Waals surface area contributed by atoms with Crippen molar-refractivity contribution in [2.24, 2.45) is 0 Å². The summed E-state index contributed by atoms with van der Waals surface area (Å²) in [6, 6.07) is 6.21. The highest BCUT2D eigenvalue weighted by Crippen LogP contribution is 2.39. The Bertz CT molecular complexity index is 742. The molecule has 0 fully saturated rings. The number of carbonyl (C=O) groups excluding carboxylic acids is 2. The lowest BCUT2D eigenvalue weighted by molar-refractivity contribution is 0.0916. The third-order valence-corrected chi connectivity index (χ3v) is 3.51. The number of aromatic nitrogens is 1. The lowest BCUT2D eigenvalue weighted by Crippen LogP contribution is -2.16. The molecule has 2 aromatic rings. The van der Waals surface area contributed by atoms with Crippen LogP contribution in [0.25, 0.3) is 0 Å². The molecular weight excluding hydrogens is 298 g/mol. The van der Waals surface area contributed by atoms with Crippen LogP contribution in [0, 0.1) is 0 Å². The van der Waals surface area contributed by atoms with Crippen molar-refractivity contribution in [2.45, 2.75) is 12.8 Å². The first-order valence-electron chi connectivity index (χ1n) is 7.24. The van der Waals surface area contributed by atoms with Crippen LogP contribution >= 0.6 is 0 Å². The highest BCUT2D eigenvalue weighted by atomic mass is 16.6. The van der Waals surface area contributed by atoms with Crippen molar-refractivity contribution in [2.75, 3.05) is 13.2 Å². The molecule has 0 spiro atoms. The molecule has 0 aliphatic carbocycles. The van der Waals surface area contributed by atoms with Crippen LogP contribution in [0.15, 0.2) is 36.7 Å². The molecule has 118 valence electrons. The second kappa shape index (κ2) is 6.48. The van der Waals surface area contributed by atoms with E-state index in [2.05, 4.69) is 4.98 Å². The number of ketones is 2. The van der Waals surface area contributed by atoms with E-state index in [0.29, 0.717) is 30.1 Å². The van der Waals surface area contributed by atoms with Crippen LogP contribution in [0.1, 0.15) is 33.6 Å². The predicted molar refractivity (Wildman–Crippen MR) is 81.2 cm³/mol. The molecule has 0 bridgehead atoms. The maximum Gasteiger partial charge on any atom is 0.203 e. The summed E-state index contributed by atoms with van der Waals surface area (Å²) in [6.07, 6.45) is 3.19. The fourth-order valence-corrected chi connectivity index (χ4v) is 2.34. The van der Waals surface area contributed by atoms with Gasteiger partial charge in [0.1, 0.15) is 13.2 Å². The summed E-state index contributed by atoms with van der Waals surface area (Å²) in [4.78, 5) is 28.1. The van der Waals surface area contributed by atoms with E-state index in [1.807, 2.05) is 0 Å². The number of Topliss-reactive ketones (excluding diaryl/α,β-unsaturated/α-hetero) is 2. The van der Waals surface area contributed by atoms with Crippen LogP contribution in [-0.4, -0.2) is 34.9 Å². The van der Waals surface area contributed by atoms with E-state index in [1.165, 1.54) is 18.3 Å². The van der Waals surface area contributed by atoms with E-state index in [0.717, 1.165) is 0 Å². The molecule has 0 saturated heterocycles. The van der Waals surface area contributed by atoms with Crippen molar-refractivity contribution in [3.8, 4) is 17.2 Å². The number of nitrogens with zero attached hydrogens (tertiary/aromatic N) is 1. The van der Waals surface area contributed by atoms with E-state index in [4.69, 9.17) is 9.47 Å². The largest absolute Gasteiger partial charge is 0.504 e. The fourth-order valence-electron chi connectivity index (χ4n) is 2.34. The molecule has 2 heterocycles. The molecule has 0 saturated carbocycles. The highest BCUT2D eigenvalue weighted by Gasteiger charge is 2.20. The van der Waals surface area contributed by atoms with E-state index in [9.17, 15) is 14.7 Å². The number of aromatic hydroxyl groups is 1. The standard InChI is InChI=1S/C17H15NO5/c19-13(11-2-1-5-18-10-11)3-4-14(20)12-8-15(21)17-16(9-12)22-6-7-23-17/h1-2,5,8-10,21H,3-4,6-7H2. The molecule has 1 aromatic heterocycles. The Morgan fingerprint density at radius 2 is 1.83 bits per heavy atom. The molecular formula is C17H15NO5. The average molecular weight is 313 g/mol. The number of ether oxygens (including phenoxy) is 2. The number of hydrogen-bond acceptors (Lipinski definition) is 6. The molecule has 3 rings (SSSR count). The Morgan fingerprint density at radius 1 is 1.09 bits per heavy atom. The maximum absolute atomic E-state index is 12.2. The Hall–Kier alpha value is -2.89. The average Bonchev–Trinajstić information content (AvgIpc) is 2.60. The first-order valence-corrected chi connectivity index (χ1v) is 7.24. The zero-order chi connectivity index (χ0) is 16.2. The molecule has 1 aromatic carbocycles. The molecule has 6 heteroatoms. The van der Waals surface area contributed by atoms with Gasteiger partial charge < -0.3 is 14.6 Å². The van der Waals surface area contributed by atoms with E-state index in [-0.39, 0.29) is 35.9 Å². The molecule has 1 N–H and O–H groups in total. The van der Waals surface area contributed by atoms with Gasteiger partial charge in [0.2, 0.25) is 5.75 Å². The van der Waals surface area contributed by atoms with Crippen LogP contribution in [0.4, 0.5) is 0 Å². The van der Waals surface area contributed by atoms with Gasteiger partial charge in [-0.05, 0) is 24.3 Å². The molecule has 0 atom stereocenters. The number of phenols is 1. The van der Waals surface area contributed by atoms with Crippen LogP contribution in [0.5, 0.6) is 17.2 Å². The van der Waals surface area contributed by atoms with Gasteiger partial charge in [0.15, 0.2) is 23.1 Å². The van der Waals surface area contributed by atoms with Gasteiger partial charge in [-0.15, -0.1) is 0 Å². The second-order valence-corrected chi connectivity index (χ2v) is 5.11. The number of hydrogen-bond donors (Lipinski definition) is 1. The monoisotopic (exact) mass is 313 g/mol. The molecule has 6 nitrogen and oxygen atoms in total.